The monoisotopic (exact) mass is 280 g/mol. The Morgan fingerprint density at radius 3 is 2.89 bits per heavy atom. The first-order chi connectivity index (χ1) is 8.70. The van der Waals surface area contributed by atoms with Crippen molar-refractivity contribution in [2.75, 3.05) is 11.6 Å². The van der Waals surface area contributed by atoms with Crippen LogP contribution in [0.4, 0.5) is 5.69 Å². The number of aromatic nitrogens is 3. The largest absolute Gasteiger partial charge is 0.320 e. The molecule has 1 amide bonds. The van der Waals surface area contributed by atoms with Gasteiger partial charge in [0.1, 0.15) is 5.15 Å². The Morgan fingerprint density at radius 1 is 1.44 bits per heavy atom. The van der Waals surface area contributed by atoms with Crippen LogP contribution < -0.4 is 5.32 Å². The predicted molar refractivity (Wildman–Crippen MR) is 71.0 cm³/mol. The van der Waals surface area contributed by atoms with Crippen molar-refractivity contribution in [2.24, 2.45) is 0 Å². The first-order valence-electron chi connectivity index (χ1n) is 4.98. The lowest BCUT2D eigenvalue weighted by molar-refractivity contribution is 0.102. The van der Waals surface area contributed by atoms with Gasteiger partial charge in [0.25, 0.3) is 5.91 Å². The van der Waals surface area contributed by atoms with Crippen LogP contribution in [0.5, 0.6) is 0 Å². The number of rotatable bonds is 3. The van der Waals surface area contributed by atoms with Crippen LogP contribution in [0.3, 0.4) is 0 Å². The van der Waals surface area contributed by atoms with Crippen LogP contribution in [-0.4, -0.2) is 27.1 Å². The van der Waals surface area contributed by atoms with Gasteiger partial charge in [0.2, 0.25) is 0 Å². The number of halogens is 1. The Kier molecular flexibility index (Phi) is 4.11. The van der Waals surface area contributed by atoms with E-state index in [1.807, 2.05) is 6.26 Å². The van der Waals surface area contributed by atoms with E-state index < -0.39 is 0 Å². The van der Waals surface area contributed by atoms with Crippen molar-refractivity contribution in [1.82, 2.24) is 15.0 Å². The SMILES string of the molecule is CSc1ncc(C(=O)Nc2cccnc2)c(Cl)n1. The van der Waals surface area contributed by atoms with Crippen LogP contribution >= 0.6 is 23.4 Å². The van der Waals surface area contributed by atoms with Crippen molar-refractivity contribution in [3.8, 4) is 0 Å². The summed E-state index contributed by atoms with van der Waals surface area (Å²) in [6, 6.07) is 3.46. The van der Waals surface area contributed by atoms with Crippen LogP contribution in [0.2, 0.25) is 5.15 Å². The van der Waals surface area contributed by atoms with E-state index in [0.29, 0.717) is 10.8 Å². The molecule has 2 rings (SSSR count). The van der Waals surface area contributed by atoms with E-state index >= 15 is 0 Å². The Labute approximate surface area is 113 Å². The molecule has 1 N–H and O–H groups in total. The lowest BCUT2D eigenvalue weighted by atomic mass is 10.3. The van der Waals surface area contributed by atoms with Crippen LogP contribution in [0.25, 0.3) is 0 Å². The van der Waals surface area contributed by atoms with Crippen molar-refractivity contribution in [2.45, 2.75) is 5.16 Å². The molecule has 0 fully saturated rings. The van der Waals surface area contributed by atoms with Gasteiger partial charge in [0.05, 0.1) is 17.4 Å². The van der Waals surface area contributed by atoms with E-state index in [4.69, 9.17) is 11.6 Å². The summed E-state index contributed by atoms with van der Waals surface area (Å²) in [6.07, 6.45) is 6.41. The molecular formula is C11H9ClN4OS. The number of amides is 1. The lowest BCUT2D eigenvalue weighted by Crippen LogP contribution is -2.13. The Hall–Kier alpha value is -1.66. The standard InChI is InChI=1S/C11H9ClN4OS/c1-18-11-14-6-8(9(12)16-11)10(17)15-7-3-2-4-13-5-7/h2-6H,1H3,(H,15,17). The van der Waals surface area contributed by atoms with Gasteiger partial charge in [0.15, 0.2) is 5.16 Å². The number of nitrogens with one attached hydrogen (secondary N) is 1. The molecule has 2 aromatic rings. The molecule has 2 heterocycles. The number of carbonyl (C=O) groups is 1. The third-order valence-electron chi connectivity index (χ3n) is 2.07. The number of hydrogen-bond acceptors (Lipinski definition) is 5. The maximum absolute atomic E-state index is 11.9. The Morgan fingerprint density at radius 2 is 2.28 bits per heavy atom. The van der Waals surface area contributed by atoms with E-state index in [2.05, 4.69) is 20.3 Å². The zero-order valence-corrected chi connectivity index (χ0v) is 11.0. The average Bonchev–Trinajstić information content (AvgIpc) is 2.39. The second kappa shape index (κ2) is 5.79. The van der Waals surface area contributed by atoms with Gasteiger partial charge in [-0.05, 0) is 18.4 Å². The van der Waals surface area contributed by atoms with Gasteiger partial charge in [-0.25, -0.2) is 9.97 Å². The van der Waals surface area contributed by atoms with Gasteiger partial charge in [-0.1, -0.05) is 23.4 Å². The van der Waals surface area contributed by atoms with Crippen LogP contribution in [-0.2, 0) is 0 Å². The predicted octanol–water partition coefficient (Wildman–Crippen LogP) is 2.50. The molecule has 0 unspecified atom stereocenters. The summed E-state index contributed by atoms with van der Waals surface area (Å²) in [5, 5.41) is 3.32. The summed E-state index contributed by atoms with van der Waals surface area (Å²) in [6.45, 7) is 0. The highest BCUT2D eigenvalue weighted by Gasteiger charge is 2.13. The zero-order valence-electron chi connectivity index (χ0n) is 9.42. The third-order valence-corrected chi connectivity index (χ3v) is 2.92. The zero-order chi connectivity index (χ0) is 13.0. The molecule has 5 nitrogen and oxygen atoms in total. The van der Waals surface area contributed by atoms with E-state index in [1.54, 1.807) is 24.5 Å². The minimum atomic E-state index is -0.361. The molecule has 0 radical (unpaired) electrons. The molecule has 0 spiro atoms. The Balaban J connectivity index is 2.19. The fourth-order valence-corrected chi connectivity index (χ4v) is 1.84. The second-order valence-corrected chi connectivity index (χ2v) is 4.39. The molecule has 0 aliphatic heterocycles. The van der Waals surface area contributed by atoms with Gasteiger partial charge in [-0.2, -0.15) is 0 Å². The topological polar surface area (TPSA) is 67.8 Å². The first kappa shape index (κ1) is 12.8. The van der Waals surface area contributed by atoms with E-state index in [9.17, 15) is 4.79 Å². The van der Waals surface area contributed by atoms with Gasteiger partial charge >= 0.3 is 0 Å². The van der Waals surface area contributed by atoms with Crippen molar-refractivity contribution < 1.29 is 4.79 Å². The molecule has 92 valence electrons. The van der Waals surface area contributed by atoms with Crippen molar-refractivity contribution in [3.05, 3.63) is 41.4 Å². The summed E-state index contributed by atoms with van der Waals surface area (Å²) in [5.74, 6) is -0.361. The summed E-state index contributed by atoms with van der Waals surface area (Å²) in [5.41, 5.74) is 0.825. The number of carbonyl (C=O) groups excluding carboxylic acids is 1. The molecule has 0 atom stereocenters. The number of thioether (sulfide) groups is 1. The number of hydrogen-bond donors (Lipinski definition) is 1. The van der Waals surface area contributed by atoms with Gasteiger partial charge < -0.3 is 5.32 Å². The molecule has 0 aliphatic rings. The first-order valence-corrected chi connectivity index (χ1v) is 6.59. The second-order valence-electron chi connectivity index (χ2n) is 3.26. The minimum Gasteiger partial charge on any atom is -0.320 e. The molecule has 0 saturated carbocycles. The lowest BCUT2D eigenvalue weighted by Gasteiger charge is -2.05. The molecule has 18 heavy (non-hydrogen) atoms. The highest BCUT2D eigenvalue weighted by Crippen LogP contribution is 2.17. The maximum Gasteiger partial charge on any atom is 0.260 e. The van der Waals surface area contributed by atoms with Gasteiger partial charge in [-0.15, -0.1) is 0 Å². The molecule has 0 saturated heterocycles. The fraction of sp³-hybridized carbons (Fsp3) is 0.0909. The number of pyridine rings is 1. The van der Waals surface area contributed by atoms with Crippen molar-refractivity contribution in [1.29, 1.82) is 0 Å². The van der Waals surface area contributed by atoms with Crippen molar-refractivity contribution >= 4 is 35.0 Å². The molecule has 2 aromatic heterocycles. The van der Waals surface area contributed by atoms with Crippen LogP contribution in [0.1, 0.15) is 10.4 Å². The van der Waals surface area contributed by atoms with E-state index in [0.717, 1.165) is 0 Å². The summed E-state index contributed by atoms with van der Waals surface area (Å²) < 4.78 is 0. The summed E-state index contributed by atoms with van der Waals surface area (Å²) in [7, 11) is 0. The summed E-state index contributed by atoms with van der Waals surface area (Å²) in [4.78, 5) is 23.8. The quantitative estimate of drug-likeness (QED) is 0.531. The Bertz CT molecular complexity index is 564. The molecular weight excluding hydrogens is 272 g/mol. The normalized spacial score (nSPS) is 10.1. The van der Waals surface area contributed by atoms with Gasteiger partial charge in [-0.3, -0.25) is 9.78 Å². The summed E-state index contributed by atoms with van der Waals surface area (Å²) >= 11 is 7.29. The number of nitrogens with zero attached hydrogens (tertiary/aromatic N) is 3. The third kappa shape index (κ3) is 2.96. The highest BCUT2D eigenvalue weighted by atomic mass is 35.5. The smallest absolute Gasteiger partial charge is 0.260 e. The average molecular weight is 281 g/mol. The van der Waals surface area contributed by atoms with Gasteiger partial charge in [0, 0.05) is 12.4 Å². The van der Waals surface area contributed by atoms with E-state index in [-0.39, 0.29) is 16.6 Å². The maximum atomic E-state index is 11.9. The molecule has 0 bridgehead atoms. The van der Waals surface area contributed by atoms with Crippen LogP contribution in [0, 0.1) is 0 Å². The number of anilines is 1. The van der Waals surface area contributed by atoms with Crippen LogP contribution in [0.15, 0.2) is 35.9 Å². The molecule has 0 aliphatic carbocycles. The molecule has 0 aromatic carbocycles. The molecule has 7 heteroatoms. The highest BCUT2D eigenvalue weighted by molar-refractivity contribution is 7.98. The minimum absolute atomic E-state index is 0.135. The van der Waals surface area contributed by atoms with Crippen molar-refractivity contribution in [3.63, 3.8) is 0 Å². The fourth-order valence-electron chi connectivity index (χ4n) is 1.23. The van der Waals surface area contributed by atoms with E-state index in [1.165, 1.54) is 18.0 Å².